The molecule has 0 bridgehead atoms. The van der Waals surface area contributed by atoms with Crippen molar-refractivity contribution in [1.82, 2.24) is 0 Å². The van der Waals surface area contributed by atoms with E-state index < -0.39 is 17.0 Å². The van der Waals surface area contributed by atoms with E-state index in [0.29, 0.717) is 19.3 Å². The molecule has 13 heavy (non-hydrogen) atoms. The van der Waals surface area contributed by atoms with Crippen molar-refractivity contribution in [2.45, 2.75) is 38.7 Å². The summed E-state index contributed by atoms with van der Waals surface area (Å²) in [5.41, 5.74) is -1.29. The summed E-state index contributed by atoms with van der Waals surface area (Å²) in [7, 11) is 0. The summed E-state index contributed by atoms with van der Waals surface area (Å²) in [6, 6.07) is 0. The Hall–Kier alpha value is -0.830. The molecule has 0 aromatic heterocycles. The Morgan fingerprint density at radius 1 is 1.62 bits per heavy atom. The molecule has 1 aliphatic carbocycles. The van der Waals surface area contributed by atoms with Crippen molar-refractivity contribution >= 4 is 5.97 Å². The van der Waals surface area contributed by atoms with Crippen molar-refractivity contribution in [3.63, 3.8) is 0 Å². The quantitative estimate of drug-likeness (QED) is 0.640. The maximum absolute atomic E-state index is 11.1. The first-order valence-electron chi connectivity index (χ1n) is 4.42. The zero-order valence-electron chi connectivity index (χ0n) is 8.13. The van der Waals surface area contributed by atoms with Crippen LogP contribution in [0.2, 0.25) is 0 Å². The van der Waals surface area contributed by atoms with E-state index in [2.05, 4.69) is 6.58 Å². The summed E-state index contributed by atoms with van der Waals surface area (Å²) in [5, 5.41) is 19.0. The molecule has 0 aliphatic heterocycles. The van der Waals surface area contributed by atoms with Gasteiger partial charge in [-0.3, -0.25) is 4.79 Å². The molecule has 0 amide bonds. The number of hydrogen-bond acceptors (Lipinski definition) is 2. The minimum Gasteiger partial charge on any atom is -0.481 e. The van der Waals surface area contributed by atoms with E-state index in [1.54, 1.807) is 13.8 Å². The minimum absolute atomic E-state index is 0.395. The number of allylic oxidation sites excluding steroid dienone is 1. The highest BCUT2D eigenvalue weighted by Gasteiger charge is 2.53. The molecule has 0 aromatic rings. The van der Waals surface area contributed by atoms with Crippen molar-refractivity contribution in [1.29, 1.82) is 0 Å². The number of hydrogen-bond donors (Lipinski definition) is 2. The zero-order valence-corrected chi connectivity index (χ0v) is 8.13. The molecule has 1 fully saturated rings. The molecule has 3 heteroatoms. The van der Waals surface area contributed by atoms with Crippen LogP contribution in [0.25, 0.3) is 0 Å². The van der Waals surface area contributed by atoms with Crippen LogP contribution in [0.1, 0.15) is 33.1 Å². The van der Waals surface area contributed by atoms with Gasteiger partial charge in [-0.1, -0.05) is 12.2 Å². The lowest BCUT2D eigenvalue weighted by molar-refractivity contribution is -0.164. The summed E-state index contributed by atoms with van der Waals surface area (Å²) in [4.78, 5) is 11.1. The second-order valence-corrected chi connectivity index (χ2v) is 4.37. The Bertz CT molecular complexity index is 249. The van der Waals surface area contributed by atoms with Crippen LogP contribution in [0, 0.1) is 5.41 Å². The Kier molecular flexibility index (Phi) is 2.24. The van der Waals surface area contributed by atoms with E-state index in [4.69, 9.17) is 5.11 Å². The molecule has 0 saturated heterocycles. The SMILES string of the molecule is C=C1CCC(C(=O)O)(C(C)(C)O)C1. The first-order valence-corrected chi connectivity index (χ1v) is 4.42. The van der Waals surface area contributed by atoms with E-state index in [-0.39, 0.29) is 0 Å². The van der Waals surface area contributed by atoms with Gasteiger partial charge >= 0.3 is 5.97 Å². The van der Waals surface area contributed by atoms with Gasteiger partial charge in [-0.15, -0.1) is 0 Å². The second-order valence-electron chi connectivity index (χ2n) is 4.37. The van der Waals surface area contributed by atoms with Crippen molar-refractivity contribution < 1.29 is 15.0 Å². The molecule has 3 nitrogen and oxygen atoms in total. The van der Waals surface area contributed by atoms with Gasteiger partial charge < -0.3 is 10.2 Å². The lowest BCUT2D eigenvalue weighted by Gasteiger charge is -2.36. The second kappa shape index (κ2) is 2.84. The molecular weight excluding hydrogens is 168 g/mol. The van der Waals surface area contributed by atoms with Crippen LogP contribution in [-0.2, 0) is 4.79 Å². The smallest absolute Gasteiger partial charge is 0.312 e. The predicted octanol–water partition coefficient (Wildman–Crippen LogP) is 1.57. The van der Waals surface area contributed by atoms with Gasteiger partial charge in [0.05, 0.1) is 11.0 Å². The van der Waals surface area contributed by atoms with E-state index in [1.807, 2.05) is 0 Å². The van der Waals surface area contributed by atoms with Crippen molar-refractivity contribution in [2.75, 3.05) is 0 Å². The van der Waals surface area contributed by atoms with E-state index in [9.17, 15) is 9.90 Å². The Balaban J connectivity index is 3.04. The summed E-state index contributed by atoms with van der Waals surface area (Å²) >= 11 is 0. The van der Waals surface area contributed by atoms with Crippen molar-refractivity contribution in [3.8, 4) is 0 Å². The molecule has 0 radical (unpaired) electrons. The van der Waals surface area contributed by atoms with Gasteiger partial charge in [-0.05, 0) is 33.1 Å². The highest BCUT2D eigenvalue weighted by atomic mass is 16.4. The maximum atomic E-state index is 11.1. The predicted molar refractivity (Wildman–Crippen MR) is 49.4 cm³/mol. The molecule has 1 atom stereocenters. The van der Waals surface area contributed by atoms with Crippen LogP contribution < -0.4 is 0 Å². The molecular formula is C10H16O3. The largest absolute Gasteiger partial charge is 0.481 e. The monoisotopic (exact) mass is 184 g/mol. The highest BCUT2D eigenvalue weighted by molar-refractivity contribution is 5.77. The number of carbonyl (C=O) groups is 1. The lowest BCUT2D eigenvalue weighted by atomic mass is 9.72. The van der Waals surface area contributed by atoms with Crippen LogP contribution in [0.5, 0.6) is 0 Å². The van der Waals surface area contributed by atoms with Gasteiger partial charge in [0.2, 0.25) is 0 Å². The van der Waals surface area contributed by atoms with Gasteiger partial charge in [0.1, 0.15) is 0 Å². The Morgan fingerprint density at radius 2 is 2.15 bits per heavy atom. The van der Waals surface area contributed by atoms with Gasteiger partial charge in [0.15, 0.2) is 0 Å². The molecule has 1 aliphatic rings. The van der Waals surface area contributed by atoms with E-state index >= 15 is 0 Å². The fraction of sp³-hybridized carbons (Fsp3) is 0.700. The molecule has 2 N–H and O–H groups in total. The highest BCUT2D eigenvalue weighted by Crippen LogP contribution is 2.48. The standard InChI is InChI=1S/C10H16O3/c1-7-4-5-10(6-7,8(11)12)9(2,3)13/h13H,1,4-6H2,2-3H3,(H,11,12). The number of carboxylic acids is 1. The van der Waals surface area contributed by atoms with Crippen LogP contribution in [0.4, 0.5) is 0 Å². The first-order chi connectivity index (χ1) is 5.79. The van der Waals surface area contributed by atoms with Crippen molar-refractivity contribution in [3.05, 3.63) is 12.2 Å². The molecule has 74 valence electrons. The van der Waals surface area contributed by atoms with Gasteiger partial charge in [-0.25, -0.2) is 0 Å². The summed E-state index contributed by atoms with van der Waals surface area (Å²) in [5.74, 6) is -0.918. The lowest BCUT2D eigenvalue weighted by Crippen LogP contribution is -2.47. The summed E-state index contributed by atoms with van der Waals surface area (Å²) < 4.78 is 0. The van der Waals surface area contributed by atoms with E-state index in [1.165, 1.54) is 0 Å². The third kappa shape index (κ3) is 1.48. The number of aliphatic hydroxyl groups is 1. The van der Waals surface area contributed by atoms with Crippen LogP contribution in [0.3, 0.4) is 0 Å². The van der Waals surface area contributed by atoms with Gasteiger partial charge in [0.25, 0.3) is 0 Å². The van der Waals surface area contributed by atoms with Crippen LogP contribution in [0.15, 0.2) is 12.2 Å². The van der Waals surface area contributed by atoms with Crippen molar-refractivity contribution in [2.24, 2.45) is 5.41 Å². The summed E-state index contributed by atoms with van der Waals surface area (Å²) in [6.07, 6.45) is 1.59. The third-order valence-electron chi connectivity index (χ3n) is 3.04. The topological polar surface area (TPSA) is 57.5 Å². The third-order valence-corrected chi connectivity index (χ3v) is 3.04. The Morgan fingerprint density at radius 3 is 2.31 bits per heavy atom. The molecule has 0 aromatic carbocycles. The number of rotatable bonds is 2. The summed E-state index contributed by atoms with van der Waals surface area (Å²) in [6.45, 7) is 6.88. The average molecular weight is 184 g/mol. The first kappa shape index (κ1) is 10.3. The fourth-order valence-corrected chi connectivity index (χ4v) is 1.96. The minimum atomic E-state index is -1.18. The van der Waals surface area contributed by atoms with Gasteiger partial charge in [-0.2, -0.15) is 0 Å². The fourth-order valence-electron chi connectivity index (χ4n) is 1.96. The average Bonchev–Trinajstić information content (AvgIpc) is 2.30. The van der Waals surface area contributed by atoms with Crippen LogP contribution in [-0.4, -0.2) is 21.8 Å². The molecule has 0 spiro atoms. The Labute approximate surface area is 78.1 Å². The molecule has 1 unspecified atom stereocenters. The van der Waals surface area contributed by atoms with Gasteiger partial charge in [0, 0.05) is 0 Å². The molecule has 0 heterocycles. The number of carboxylic acid groups (broad SMARTS) is 1. The zero-order chi connectivity index (χ0) is 10.3. The normalized spacial score (nSPS) is 29.3. The maximum Gasteiger partial charge on any atom is 0.312 e. The van der Waals surface area contributed by atoms with Crippen LogP contribution >= 0.6 is 0 Å². The molecule has 1 rings (SSSR count). The number of aliphatic carboxylic acids is 1. The van der Waals surface area contributed by atoms with E-state index in [0.717, 1.165) is 5.57 Å². The molecule has 1 saturated carbocycles.